The maximum Gasteiger partial charge on any atom is 0.0545 e. The van der Waals surface area contributed by atoms with Crippen LogP contribution in [0.1, 0.15) is 34.1 Å². The summed E-state index contributed by atoms with van der Waals surface area (Å²) in [7, 11) is 0. The zero-order valence-electron chi connectivity index (χ0n) is 6.23. The molecule has 48 valence electrons. The largest absolute Gasteiger partial charge is 0.292 e. The van der Waals surface area contributed by atoms with E-state index in [1.54, 1.807) is 0 Å². The normalized spacial score (nSPS) is 13.0. The van der Waals surface area contributed by atoms with Crippen LogP contribution < -0.4 is 0 Å². The number of nitrogens with zero attached hydrogens (tertiary/aromatic N) is 1. The van der Waals surface area contributed by atoms with Gasteiger partial charge in [-0.1, -0.05) is 6.92 Å². The summed E-state index contributed by atoms with van der Waals surface area (Å²) in [6.07, 6.45) is 2.97. The lowest BCUT2D eigenvalue weighted by atomic mass is 10.0. The number of rotatable bonds is 2. The van der Waals surface area contributed by atoms with E-state index < -0.39 is 0 Å². The minimum atomic E-state index is 0.161. The Kier molecular flexibility index (Phi) is 2.74. The number of hydrogen-bond donors (Lipinski definition) is 0. The zero-order valence-corrected chi connectivity index (χ0v) is 6.23. The van der Waals surface area contributed by atoms with E-state index >= 15 is 0 Å². The van der Waals surface area contributed by atoms with E-state index in [1.165, 1.54) is 0 Å². The summed E-state index contributed by atoms with van der Waals surface area (Å²) in [5.74, 6) is 0. The molecule has 1 heteroatoms. The third-order valence-electron chi connectivity index (χ3n) is 1.34. The zero-order chi connectivity index (χ0) is 6.62. The predicted molar refractivity (Wildman–Crippen MR) is 38.5 cm³/mol. The van der Waals surface area contributed by atoms with E-state index in [4.69, 9.17) is 0 Å². The molecule has 0 heterocycles. The summed E-state index contributed by atoms with van der Waals surface area (Å²) in [5.41, 5.74) is 0.161. The summed E-state index contributed by atoms with van der Waals surface area (Å²) in [6, 6.07) is 0. The highest BCUT2D eigenvalue weighted by Crippen LogP contribution is 2.11. The van der Waals surface area contributed by atoms with Gasteiger partial charge in [0.15, 0.2) is 0 Å². The third-order valence-corrected chi connectivity index (χ3v) is 1.34. The van der Waals surface area contributed by atoms with Crippen molar-refractivity contribution in [2.45, 2.75) is 39.7 Å². The fourth-order valence-corrected chi connectivity index (χ4v) is 0.441. The quantitative estimate of drug-likeness (QED) is 0.487. The van der Waals surface area contributed by atoms with Crippen molar-refractivity contribution in [3.8, 4) is 0 Å². The predicted octanol–water partition coefficient (Wildman–Crippen LogP) is 2.27. The fourth-order valence-electron chi connectivity index (χ4n) is 0.441. The molecule has 0 aliphatic rings. The lowest BCUT2D eigenvalue weighted by Gasteiger charge is -2.15. The molecular weight excluding hydrogens is 98.1 g/mol. The molecular formula is C7H15N. The van der Waals surface area contributed by atoms with Gasteiger partial charge in [-0.25, -0.2) is 0 Å². The maximum atomic E-state index is 4.25. The lowest BCUT2D eigenvalue weighted by molar-refractivity contribution is 0.507. The highest BCUT2D eigenvalue weighted by Gasteiger charge is 2.09. The lowest BCUT2D eigenvalue weighted by Crippen LogP contribution is -2.13. The van der Waals surface area contributed by atoms with Gasteiger partial charge in [-0.15, -0.1) is 0 Å². The van der Waals surface area contributed by atoms with Crippen LogP contribution in [-0.2, 0) is 0 Å². The molecule has 0 aromatic heterocycles. The van der Waals surface area contributed by atoms with Gasteiger partial charge in [0.1, 0.15) is 0 Å². The van der Waals surface area contributed by atoms with E-state index in [2.05, 4.69) is 25.8 Å². The summed E-state index contributed by atoms with van der Waals surface area (Å²) in [5, 5.41) is 0. The average molecular weight is 113 g/mol. The molecule has 0 fully saturated rings. The van der Waals surface area contributed by atoms with Gasteiger partial charge in [-0.2, -0.15) is 0 Å². The van der Waals surface area contributed by atoms with E-state index in [1.807, 2.05) is 13.1 Å². The monoisotopic (exact) mass is 113 g/mol. The molecule has 0 amide bonds. The van der Waals surface area contributed by atoms with Gasteiger partial charge < -0.3 is 0 Å². The van der Waals surface area contributed by atoms with Crippen LogP contribution in [0.3, 0.4) is 0 Å². The van der Waals surface area contributed by atoms with Crippen molar-refractivity contribution in [1.29, 1.82) is 0 Å². The highest BCUT2D eigenvalue weighted by atomic mass is 14.8. The number of hydrogen-bond acceptors (Lipinski definition) is 1. The molecule has 0 spiro atoms. The van der Waals surface area contributed by atoms with Crippen LogP contribution in [0.15, 0.2) is 4.99 Å². The third kappa shape index (κ3) is 2.78. The van der Waals surface area contributed by atoms with Gasteiger partial charge in [0.2, 0.25) is 0 Å². The molecule has 0 rings (SSSR count). The minimum absolute atomic E-state index is 0.161. The van der Waals surface area contributed by atoms with Crippen molar-refractivity contribution in [1.82, 2.24) is 0 Å². The Bertz CT molecular complexity index is 82.4. The Morgan fingerprint density at radius 1 is 1.50 bits per heavy atom. The molecule has 0 bridgehead atoms. The van der Waals surface area contributed by atoms with Gasteiger partial charge in [-0.3, -0.25) is 4.99 Å². The van der Waals surface area contributed by atoms with Crippen LogP contribution in [0.25, 0.3) is 0 Å². The molecule has 0 aromatic carbocycles. The Hall–Kier alpha value is -0.330. The molecule has 0 N–H and O–H groups in total. The maximum absolute atomic E-state index is 4.25. The molecule has 0 aliphatic heterocycles. The first-order valence-corrected chi connectivity index (χ1v) is 3.12. The van der Waals surface area contributed by atoms with Gasteiger partial charge in [0.05, 0.1) is 5.54 Å². The molecule has 1 nitrogen and oxygen atoms in total. The Morgan fingerprint density at radius 2 is 2.00 bits per heavy atom. The van der Waals surface area contributed by atoms with Gasteiger partial charge in [0, 0.05) is 0 Å². The van der Waals surface area contributed by atoms with Gasteiger partial charge in [0.25, 0.3) is 0 Å². The van der Waals surface area contributed by atoms with Crippen molar-refractivity contribution >= 4 is 6.21 Å². The standard InChI is InChI=1S/C7H15N/c1-5-7(3,4)8-6-2/h6H,5H2,1-4H3. The molecule has 0 unspecified atom stereocenters. The summed E-state index contributed by atoms with van der Waals surface area (Å²) in [6.45, 7) is 8.37. The molecule has 0 saturated carbocycles. The molecule has 0 aromatic rings. The minimum Gasteiger partial charge on any atom is -0.292 e. The van der Waals surface area contributed by atoms with Crippen molar-refractivity contribution in [3.63, 3.8) is 0 Å². The van der Waals surface area contributed by atoms with Gasteiger partial charge in [-0.05, 0) is 33.4 Å². The molecule has 8 heavy (non-hydrogen) atoms. The average Bonchev–Trinajstić information content (AvgIpc) is 1.67. The Labute approximate surface area is 51.8 Å². The van der Waals surface area contributed by atoms with Crippen LogP contribution in [0, 0.1) is 0 Å². The SMILES string of the molecule is CC=NC(C)(C)CC. The van der Waals surface area contributed by atoms with E-state index in [-0.39, 0.29) is 5.54 Å². The van der Waals surface area contributed by atoms with E-state index in [0.717, 1.165) is 6.42 Å². The first kappa shape index (κ1) is 7.67. The molecule has 0 saturated heterocycles. The molecule has 0 radical (unpaired) electrons. The molecule has 0 atom stereocenters. The van der Waals surface area contributed by atoms with Crippen LogP contribution in [-0.4, -0.2) is 11.8 Å². The van der Waals surface area contributed by atoms with Crippen LogP contribution in [0.2, 0.25) is 0 Å². The van der Waals surface area contributed by atoms with E-state index in [9.17, 15) is 0 Å². The highest BCUT2D eigenvalue weighted by molar-refractivity contribution is 5.53. The fraction of sp³-hybridized carbons (Fsp3) is 0.857. The van der Waals surface area contributed by atoms with Crippen LogP contribution in [0.5, 0.6) is 0 Å². The molecule has 0 aliphatic carbocycles. The van der Waals surface area contributed by atoms with Crippen molar-refractivity contribution in [2.24, 2.45) is 4.99 Å². The van der Waals surface area contributed by atoms with Gasteiger partial charge >= 0.3 is 0 Å². The second-order valence-electron chi connectivity index (χ2n) is 2.55. The Morgan fingerprint density at radius 3 is 2.12 bits per heavy atom. The number of aliphatic imine (C=N–C) groups is 1. The Balaban J connectivity index is 3.71. The second-order valence-corrected chi connectivity index (χ2v) is 2.55. The smallest absolute Gasteiger partial charge is 0.0545 e. The van der Waals surface area contributed by atoms with Crippen molar-refractivity contribution in [2.75, 3.05) is 0 Å². The van der Waals surface area contributed by atoms with Crippen LogP contribution in [0.4, 0.5) is 0 Å². The first-order valence-electron chi connectivity index (χ1n) is 3.12. The summed E-state index contributed by atoms with van der Waals surface area (Å²) >= 11 is 0. The van der Waals surface area contributed by atoms with Crippen molar-refractivity contribution in [3.05, 3.63) is 0 Å². The second kappa shape index (κ2) is 2.85. The van der Waals surface area contributed by atoms with Crippen LogP contribution >= 0.6 is 0 Å². The first-order chi connectivity index (χ1) is 3.62. The summed E-state index contributed by atoms with van der Waals surface area (Å²) in [4.78, 5) is 4.25. The topological polar surface area (TPSA) is 12.4 Å². The van der Waals surface area contributed by atoms with E-state index in [0.29, 0.717) is 0 Å². The van der Waals surface area contributed by atoms with Crippen molar-refractivity contribution < 1.29 is 0 Å². The summed E-state index contributed by atoms with van der Waals surface area (Å²) < 4.78 is 0.